The van der Waals surface area contributed by atoms with Crippen LogP contribution >= 0.6 is 0 Å². The maximum Gasteiger partial charge on any atom is 0.227 e. The lowest BCUT2D eigenvalue weighted by Gasteiger charge is -2.31. The fourth-order valence-electron chi connectivity index (χ4n) is 5.74. The van der Waals surface area contributed by atoms with Gasteiger partial charge >= 0.3 is 0 Å². The van der Waals surface area contributed by atoms with Crippen molar-refractivity contribution in [3.05, 3.63) is 96.6 Å². The van der Waals surface area contributed by atoms with Crippen LogP contribution in [0.1, 0.15) is 51.5 Å². The number of likely N-dealkylation sites (tertiary alicyclic amines) is 1. The number of amides is 1. The molecule has 0 saturated carbocycles. The van der Waals surface area contributed by atoms with Gasteiger partial charge in [0.25, 0.3) is 0 Å². The van der Waals surface area contributed by atoms with E-state index in [1.165, 1.54) is 30.5 Å². The number of benzene rings is 2. The molecule has 5 nitrogen and oxygen atoms in total. The van der Waals surface area contributed by atoms with Crippen molar-refractivity contribution in [1.29, 1.82) is 0 Å². The summed E-state index contributed by atoms with van der Waals surface area (Å²) in [4.78, 5) is 20.0. The van der Waals surface area contributed by atoms with Gasteiger partial charge in [-0.25, -0.2) is 0 Å². The molecular weight excluding hydrogens is 482 g/mol. The van der Waals surface area contributed by atoms with Crippen LogP contribution in [0, 0.1) is 0 Å². The summed E-state index contributed by atoms with van der Waals surface area (Å²) in [6.07, 6.45) is 13.2. The summed E-state index contributed by atoms with van der Waals surface area (Å²) >= 11 is 0. The molecule has 0 N–H and O–H groups in total. The number of hydrogen-bond donors (Lipinski definition) is 0. The van der Waals surface area contributed by atoms with Gasteiger partial charge in [0.15, 0.2) is 0 Å². The highest BCUT2D eigenvalue weighted by Crippen LogP contribution is 2.29. The van der Waals surface area contributed by atoms with Crippen LogP contribution in [-0.2, 0) is 11.3 Å². The molecule has 2 aliphatic heterocycles. The molecule has 2 aromatic carbocycles. The molecule has 0 aliphatic carbocycles. The minimum absolute atomic E-state index is 0.128. The average molecular weight is 528 g/mol. The van der Waals surface area contributed by atoms with Crippen LogP contribution in [0.5, 0.6) is 5.75 Å². The van der Waals surface area contributed by atoms with E-state index in [9.17, 15) is 4.79 Å². The Morgan fingerprint density at radius 1 is 1.13 bits per heavy atom. The Morgan fingerprint density at radius 2 is 1.92 bits per heavy atom. The van der Waals surface area contributed by atoms with Gasteiger partial charge in [-0.15, -0.1) is 0 Å². The highest BCUT2D eigenvalue weighted by Gasteiger charge is 2.33. The van der Waals surface area contributed by atoms with Crippen LogP contribution in [0.3, 0.4) is 0 Å². The van der Waals surface area contributed by atoms with E-state index in [0.29, 0.717) is 19.1 Å². The highest BCUT2D eigenvalue weighted by atomic mass is 16.5. The van der Waals surface area contributed by atoms with E-state index in [-0.39, 0.29) is 11.9 Å². The molecule has 39 heavy (non-hydrogen) atoms. The van der Waals surface area contributed by atoms with Crippen LogP contribution in [0.2, 0.25) is 0 Å². The average Bonchev–Trinajstić information content (AvgIpc) is 3.54. The number of nitrogens with zero attached hydrogens (tertiary/aromatic N) is 3. The zero-order chi connectivity index (χ0) is 27.5. The number of allylic oxidation sites excluding steroid dienone is 3. The van der Waals surface area contributed by atoms with Crippen LogP contribution in [0.25, 0.3) is 0 Å². The van der Waals surface area contributed by atoms with Crippen molar-refractivity contribution in [3.63, 3.8) is 0 Å². The van der Waals surface area contributed by atoms with E-state index in [1.54, 1.807) is 0 Å². The van der Waals surface area contributed by atoms with Gasteiger partial charge in [0, 0.05) is 44.3 Å². The Bertz CT molecular complexity index is 1110. The standard InChI is InChI=1S/C34H45N3O2/c1-4-6-13-29(5-2)25-35(26-30-14-8-7-9-15-30)27-32-18-21-34(38)37(32)31-16-19-33(20-17-31)39-24-11-23-36-22-10-12-28(36)3/h4-9,13-17,19-20,28,32H,2,10-12,18,21-27H2,1,3H3/b6-4-,29-13+. The molecule has 1 amide bonds. The Morgan fingerprint density at radius 3 is 2.62 bits per heavy atom. The third kappa shape index (κ3) is 8.42. The minimum atomic E-state index is 0.128. The predicted molar refractivity (Wildman–Crippen MR) is 162 cm³/mol. The third-order valence-corrected chi connectivity index (χ3v) is 7.88. The van der Waals surface area contributed by atoms with E-state index >= 15 is 0 Å². The van der Waals surface area contributed by atoms with Crippen molar-refractivity contribution < 1.29 is 9.53 Å². The molecule has 0 aromatic heterocycles. The van der Waals surface area contributed by atoms with Gasteiger partial charge in [-0.05, 0) is 81.5 Å². The fraction of sp³-hybridized carbons (Fsp3) is 0.441. The van der Waals surface area contributed by atoms with Crippen LogP contribution in [0.4, 0.5) is 5.69 Å². The molecule has 2 aliphatic rings. The summed E-state index contributed by atoms with van der Waals surface area (Å²) in [5.41, 5.74) is 3.39. The zero-order valence-corrected chi connectivity index (χ0v) is 23.8. The number of rotatable bonds is 14. The summed E-state index contributed by atoms with van der Waals surface area (Å²) < 4.78 is 6.03. The number of anilines is 1. The van der Waals surface area contributed by atoms with Crippen molar-refractivity contribution >= 4 is 11.6 Å². The number of carbonyl (C=O) groups excluding carboxylic acids is 1. The van der Waals surface area contributed by atoms with Gasteiger partial charge < -0.3 is 14.5 Å². The van der Waals surface area contributed by atoms with E-state index < -0.39 is 0 Å². The molecule has 2 heterocycles. The lowest BCUT2D eigenvalue weighted by Crippen LogP contribution is -2.42. The third-order valence-electron chi connectivity index (χ3n) is 7.88. The second kappa shape index (κ2) is 14.9. The Kier molecular flexibility index (Phi) is 11.0. The minimum Gasteiger partial charge on any atom is -0.494 e. The van der Waals surface area contributed by atoms with Crippen molar-refractivity contribution in [3.8, 4) is 5.75 Å². The smallest absolute Gasteiger partial charge is 0.227 e. The molecule has 2 atom stereocenters. The van der Waals surface area contributed by atoms with Gasteiger partial charge in [-0.1, -0.05) is 61.2 Å². The molecule has 2 fully saturated rings. The maximum absolute atomic E-state index is 13.0. The zero-order valence-electron chi connectivity index (χ0n) is 23.8. The first-order valence-corrected chi connectivity index (χ1v) is 14.6. The molecule has 2 saturated heterocycles. The molecule has 0 radical (unpaired) electrons. The molecule has 208 valence electrons. The number of hydrogen-bond acceptors (Lipinski definition) is 4. The number of ether oxygens (including phenoxy) is 1. The maximum atomic E-state index is 13.0. The SMILES string of the molecule is C=C/C(=C\C=C/C)CN(Cc1ccccc1)CC1CCC(=O)N1c1ccc(OCCCN2CCCC2C)cc1. The lowest BCUT2D eigenvalue weighted by atomic mass is 10.1. The van der Waals surface area contributed by atoms with Gasteiger partial charge in [0.2, 0.25) is 5.91 Å². The van der Waals surface area contributed by atoms with Gasteiger partial charge in [0.1, 0.15) is 5.75 Å². The van der Waals surface area contributed by atoms with Crippen molar-refractivity contribution in [1.82, 2.24) is 9.80 Å². The first kappa shape index (κ1) is 28.8. The molecule has 0 bridgehead atoms. The summed E-state index contributed by atoms with van der Waals surface area (Å²) in [6.45, 7) is 13.8. The van der Waals surface area contributed by atoms with Gasteiger partial charge in [-0.3, -0.25) is 9.69 Å². The number of carbonyl (C=O) groups is 1. The fourth-order valence-corrected chi connectivity index (χ4v) is 5.74. The second-order valence-electron chi connectivity index (χ2n) is 10.8. The van der Waals surface area contributed by atoms with E-state index in [4.69, 9.17) is 4.74 Å². The largest absolute Gasteiger partial charge is 0.494 e. The lowest BCUT2D eigenvalue weighted by molar-refractivity contribution is -0.117. The van der Waals surface area contributed by atoms with Crippen LogP contribution < -0.4 is 9.64 Å². The second-order valence-corrected chi connectivity index (χ2v) is 10.8. The van der Waals surface area contributed by atoms with Crippen molar-refractivity contribution in [2.75, 3.05) is 37.7 Å². The summed E-state index contributed by atoms with van der Waals surface area (Å²) in [5.74, 6) is 1.06. The Labute approximate surface area is 235 Å². The summed E-state index contributed by atoms with van der Waals surface area (Å²) in [6, 6.07) is 19.5. The van der Waals surface area contributed by atoms with E-state index in [0.717, 1.165) is 50.5 Å². The van der Waals surface area contributed by atoms with E-state index in [1.807, 2.05) is 54.3 Å². The van der Waals surface area contributed by atoms with E-state index in [2.05, 4.69) is 59.7 Å². The molecule has 4 rings (SSSR count). The van der Waals surface area contributed by atoms with Crippen LogP contribution in [0.15, 0.2) is 91.1 Å². The summed E-state index contributed by atoms with van der Waals surface area (Å²) in [5, 5.41) is 0. The topological polar surface area (TPSA) is 36.0 Å². The first-order valence-electron chi connectivity index (χ1n) is 14.6. The van der Waals surface area contributed by atoms with Gasteiger partial charge in [-0.2, -0.15) is 0 Å². The highest BCUT2D eigenvalue weighted by molar-refractivity contribution is 5.96. The Balaban J connectivity index is 1.39. The molecule has 2 unspecified atom stereocenters. The molecule has 2 aromatic rings. The molecule has 5 heteroatoms. The first-order chi connectivity index (χ1) is 19.1. The van der Waals surface area contributed by atoms with Crippen molar-refractivity contribution in [2.45, 2.75) is 64.6 Å². The molecule has 0 spiro atoms. The summed E-state index contributed by atoms with van der Waals surface area (Å²) in [7, 11) is 0. The monoisotopic (exact) mass is 527 g/mol. The molecular formula is C34H45N3O2. The Hall–Kier alpha value is -3.15. The van der Waals surface area contributed by atoms with Crippen LogP contribution in [-0.4, -0.2) is 60.6 Å². The predicted octanol–water partition coefficient (Wildman–Crippen LogP) is 6.63. The quantitative estimate of drug-likeness (QED) is 0.204. The normalized spacial score (nSPS) is 20.4. The van der Waals surface area contributed by atoms with Gasteiger partial charge in [0.05, 0.1) is 12.6 Å². The van der Waals surface area contributed by atoms with Crippen molar-refractivity contribution in [2.24, 2.45) is 0 Å².